The Morgan fingerprint density at radius 2 is 2.00 bits per heavy atom. The van der Waals surface area contributed by atoms with Gasteiger partial charge in [-0.2, -0.15) is 4.80 Å². The predicted octanol–water partition coefficient (Wildman–Crippen LogP) is 2.71. The summed E-state index contributed by atoms with van der Waals surface area (Å²) in [6.07, 6.45) is 4.42. The van der Waals surface area contributed by atoms with Crippen LogP contribution in [-0.2, 0) is 28.9 Å². The van der Waals surface area contributed by atoms with Crippen LogP contribution in [0.4, 0.5) is 0 Å². The second-order valence-electron chi connectivity index (χ2n) is 6.40. The van der Waals surface area contributed by atoms with Gasteiger partial charge in [-0.25, -0.2) is 4.79 Å². The van der Waals surface area contributed by atoms with Crippen molar-refractivity contribution in [3.05, 3.63) is 52.4 Å². The fourth-order valence-electron chi connectivity index (χ4n) is 3.11. The zero-order chi connectivity index (χ0) is 18.6. The highest BCUT2D eigenvalue weighted by molar-refractivity contribution is 7.13. The van der Waals surface area contributed by atoms with Crippen LogP contribution in [0, 0.1) is 0 Å². The molecule has 7 nitrogen and oxygen atoms in total. The zero-order valence-corrected chi connectivity index (χ0v) is 15.4. The highest BCUT2D eigenvalue weighted by Gasteiger charge is 2.16. The lowest BCUT2D eigenvalue weighted by Gasteiger charge is -2.16. The van der Waals surface area contributed by atoms with E-state index in [1.54, 1.807) is 0 Å². The summed E-state index contributed by atoms with van der Waals surface area (Å²) in [6, 6.07) is 9.52. The molecule has 0 N–H and O–H groups in total. The van der Waals surface area contributed by atoms with Gasteiger partial charge < -0.3 is 4.74 Å². The lowest BCUT2D eigenvalue weighted by molar-refractivity contribution is -0.143. The monoisotopic (exact) mass is 382 g/mol. The number of rotatable bonds is 6. The van der Waals surface area contributed by atoms with E-state index in [0.717, 1.165) is 24.1 Å². The summed E-state index contributed by atoms with van der Waals surface area (Å²) in [7, 11) is 0. The molecule has 3 aromatic rings. The van der Waals surface area contributed by atoms with E-state index in [4.69, 9.17) is 4.74 Å². The van der Waals surface area contributed by atoms with Crippen molar-refractivity contribution >= 4 is 23.1 Å². The Bertz CT molecular complexity index is 965. The smallest absolute Gasteiger partial charge is 0.330 e. The number of aryl methyl sites for hydroxylation is 2. The van der Waals surface area contributed by atoms with Crippen LogP contribution >= 0.6 is 11.3 Å². The van der Waals surface area contributed by atoms with Gasteiger partial charge in [0.2, 0.25) is 5.82 Å². The summed E-state index contributed by atoms with van der Waals surface area (Å²) in [5, 5.41) is 13.8. The molecule has 0 saturated heterocycles. The van der Waals surface area contributed by atoms with E-state index in [1.807, 2.05) is 35.7 Å². The van der Waals surface area contributed by atoms with Gasteiger partial charge in [0.25, 0.3) is 0 Å². The molecule has 1 aliphatic rings. The Kier molecular flexibility index (Phi) is 5.06. The van der Waals surface area contributed by atoms with Crippen molar-refractivity contribution in [3.63, 3.8) is 0 Å². The fourth-order valence-corrected chi connectivity index (χ4v) is 3.76. The van der Waals surface area contributed by atoms with E-state index in [9.17, 15) is 9.59 Å². The maximum atomic E-state index is 12.3. The van der Waals surface area contributed by atoms with Crippen LogP contribution in [0.25, 0.3) is 10.7 Å². The second kappa shape index (κ2) is 7.79. The van der Waals surface area contributed by atoms with Crippen LogP contribution in [0.3, 0.4) is 0 Å². The van der Waals surface area contributed by atoms with Crippen molar-refractivity contribution < 1.29 is 14.3 Å². The van der Waals surface area contributed by atoms with Crippen molar-refractivity contribution in [2.45, 2.75) is 32.2 Å². The molecular formula is C19H18N4O3S. The number of carbonyl (C=O) groups is 2. The standard InChI is InChI=1S/C19H18N4O3S/c24-16(15-8-7-13-4-1-2-5-14(13)10-15)12-26-18(25)11-23-21-19(20-22-23)17-6-3-9-27-17/h3,6-10H,1-2,4-5,11-12H2. The first-order valence-corrected chi connectivity index (χ1v) is 9.69. The van der Waals surface area contributed by atoms with Crippen LogP contribution in [0.1, 0.15) is 34.3 Å². The number of benzene rings is 1. The second-order valence-corrected chi connectivity index (χ2v) is 7.34. The molecule has 4 rings (SSSR count). The molecule has 2 heterocycles. The van der Waals surface area contributed by atoms with Gasteiger partial charge in [-0.05, 0) is 59.5 Å². The summed E-state index contributed by atoms with van der Waals surface area (Å²) in [5.41, 5.74) is 3.13. The zero-order valence-electron chi connectivity index (χ0n) is 14.6. The van der Waals surface area contributed by atoms with E-state index in [-0.39, 0.29) is 18.9 Å². The number of fused-ring (bicyclic) bond motifs is 1. The minimum Gasteiger partial charge on any atom is -0.456 e. The van der Waals surface area contributed by atoms with Gasteiger partial charge in [-0.15, -0.1) is 21.5 Å². The Morgan fingerprint density at radius 1 is 1.15 bits per heavy atom. The number of carbonyl (C=O) groups excluding carboxylic acids is 2. The summed E-state index contributed by atoms with van der Waals surface area (Å²) in [5.74, 6) is -0.318. The summed E-state index contributed by atoms with van der Waals surface area (Å²) < 4.78 is 5.09. The molecule has 0 bridgehead atoms. The molecule has 2 aromatic heterocycles. The third-order valence-corrected chi connectivity index (χ3v) is 5.37. The molecular weight excluding hydrogens is 364 g/mol. The molecule has 27 heavy (non-hydrogen) atoms. The number of thiophene rings is 1. The number of ether oxygens (including phenoxy) is 1. The number of aromatic nitrogens is 4. The van der Waals surface area contributed by atoms with Crippen LogP contribution in [0.15, 0.2) is 35.7 Å². The number of hydrogen-bond acceptors (Lipinski definition) is 7. The van der Waals surface area contributed by atoms with Gasteiger partial charge in [-0.3, -0.25) is 4.79 Å². The van der Waals surface area contributed by atoms with Gasteiger partial charge in [0, 0.05) is 5.56 Å². The largest absolute Gasteiger partial charge is 0.456 e. The van der Waals surface area contributed by atoms with E-state index in [1.165, 1.54) is 33.7 Å². The molecule has 1 aromatic carbocycles. The van der Waals surface area contributed by atoms with Gasteiger partial charge >= 0.3 is 5.97 Å². The van der Waals surface area contributed by atoms with Crippen molar-refractivity contribution in [1.29, 1.82) is 0 Å². The van der Waals surface area contributed by atoms with Gasteiger partial charge in [0.05, 0.1) is 4.88 Å². The predicted molar refractivity (Wildman–Crippen MR) is 99.5 cm³/mol. The topological polar surface area (TPSA) is 87.0 Å². The maximum Gasteiger partial charge on any atom is 0.330 e. The van der Waals surface area contributed by atoms with Crippen LogP contribution < -0.4 is 0 Å². The molecule has 0 fully saturated rings. The minimum atomic E-state index is -0.573. The fraction of sp³-hybridized carbons (Fsp3) is 0.316. The van der Waals surface area contributed by atoms with Gasteiger partial charge in [0.1, 0.15) is 0 Å². The molecule has 0 radical (unpaired) electrons. The number of esters is 1. The number of hydrogen-bond donors (Lipinski definition) is 0. The van der Waals surface area contributed by atoms with Crippen molar-refractivity contribution in [2.24, 2.45) is 0 Å². The number of Topliss-reactive ketones (excluding diaryl/α,β-unsaturated/α-hetero) is 1. The molecule has 1 aliphatic carbocycles. The summed E-state index contributed by atoms with van der Waals surface area (Å²) in [4.78, 5) is 26.3. The third kappa shape index (κ3) is 4.11. The number of ketones is 1. The Hall–Kier alpha value is -2.87. The van der Waals surface area contributed by atoms with E-state index in [2.05, 4.69) is 15.4 Å². The molecule has 0 saturated carbocycles. The first kappa shape index (κ1) is 17.5. The SMILES string of the molecule is O=C(Cn1nnc(-c2cccs2)n1)OCC(=O)c1ccc2c(c1)CCCC2. The summed E-state index contributed by atoms with van der Waals surface area (Å²) in [6.45, 7) is -0.472. The molecule has 0 unspecified atom stereocenters. The molecule has 138 valence electrons. The van der Waals surface area contributed by atoms with Crippen LogP contribution in [0.5, 0.6) is 0 Å². The first-order chi connectivity index (χ1) is 13.2. The van der Waals surface area contributed by atoms with Crippen molar-refractivity contribution in [2.75, 3.05) is 6.61 Å². The van der Waals surface area contributed by atoms with Crippen molar-refractivity contribution in [1.82, 2.24) is 20.2 Å². The first-order valence-electron chi connectivity index (χ1n) is 8.81. The molecule has 0 aliphatic heterocycles. The number of tetrazole rings is 1. The van der Waals surface area contributed by atoms with E-state index in [0.29, 0.717) is 11.4 Å². The molecule has 0 amide bonds. The highest BCUT2D eigenvalue weighted by Crippen LogP contribution is 2.22. The quantitative estimate of drug-likeness (QED) is 0.481. The third-order valence-electron chi connectivity index (χ3n) is 4.50. The normalized spacial score (nSPS) is 13.2. The molecule has 8 heteroatoms. The van der Waals surface area contributed by atoms with Crippen LogP contribution in [0.2, 0.25) is 0 Å². The Balaban J connectivity index is 1.32. The van der Waals surface area contributed by atoms with Crippen LogP contribution in [-0.4, -0.2) is 38.6 Å². The Labute approximate surface area is 160 Å². The summed E-state index contributed by atoms with van der Waals surface area (Å²) >= 11 is 1.49. The minimum absolute atomic E-state index is 0.185. The average molecular weight is 382 g/mol. The lowest BCUT2D eigenvalue weighted by atomic mass is 9.90. The maximum absolute atomic E-state index is 12.3. The highest BCUT2D eigenvalue weighted by atomic mass is 32.1. The van der Waals surface area contributed by atoms with Crippen molar-refractivity contribution in [3.8, 4) is 10.7 Å². The van der Waals surface area contributed by atoms with Gasteiger partial charge in [0.15, 0.2) is 18.9 Å². The number of nitrogens with zero attached hydrogens (tertiary/aromatic N) is 4. The van der Waals surface area contributed by atoms with E-state index < -0.39 is 5.97 Å². The lowest BCUT2D eigenvalue weighted by Crippen LogP contribution is -2.20. The Morgan fingerprint density at radius 3 is 2.81 bits per heavy atom. The van der Waals surface area contributed by atoms with E-state index >= 15 is 0 Å². The molecule has 0 spiro atoms. The average Bonchev–Trinajstić information content (AvgIpc) is 3.37. The molecule has 0 atom stereocenters. The van der Waals surface area contributed by atoms with Gasteiger partial charge in [-0.1, -0.05) is 18.2 Å².